The van der Waals surface area contributed by atoms with Gasteiger partial charge in [-0.1, -0.05) is 11.8 Å². The molecule has 1 aromatic carbocycles. The number of carbonyl (C=O) groups is 1. The highest BCUT2D eigenvalue weighted by Gasteiger charge is 2.18. The maximum absolute atomic E-state index is 13.3. The van der Waals surface area contributed by atoms with Crippen LogP contribution in [0.5, 0.6) is 11.5 Å². The Morgan fingerprint density at radius 1 is 1.24 bits per heavy atom. The first-order chi connectivity index (χ1) is 15.9. The van der Waals surface area contributed by atoms with Crippen LogP contribution in [-0.2, 0) is 16.1 Å². The predicted molar refractivity (Wildman–Crippen MR) is 133 cm³/mol. The van der Waals surface area contributed by atoms with Crippen LogP contribution in [-0.4, -0.2) is 48.6 Å². The summed E-state index contributed by atoms with van der Waals surface area (Å²) in [5.41, 5.74) is 1.41. The van der Waals surface area contributed by atoms with Gasteiger partial charge in [0.2, 0.25) is 5.91 Å². The summed E-state index contributed by atoms with van der Waals surface area (Å²) in [6.07, 6.45) is 0.684. The third kappa shape index (κ3) is 5.87. The molecule has 178 valence electrons. The van der Waals surface area contributed by atoms with Gasteiger partial charge in [-0.25, -0.2) is 4.98 Å². The monoisotopic (exact) mass is 491 g/mol. The van der Waals surface area contributed by atoms with Crippen LogP contribution in [0.25, 0.3) is 10.2 Å². The number of hydrogen-bond donors (Lipinski definition) is 1. The number of hydrogen-bond acceptors (Lipinski definition) is 8. The minimum absolute atomic E-state index is 0.0734. The maximum Gasteiger partial charge on any atom is 0.263 e. The second kappa shape index (κ2) is 11.5. The minimum atomic E-state index is -0.236. The molecule has 0 atom stereocenters. The second-order valence-electron chi connectivity index (χ2n) is 7.27. The Bertz CT molecular complexity index is 1190. The summed E-state index contributed by atoms with van der Waals surface area (Å²) in [6, 6.07) is 5.19. The van der Waals surface area contributed by atoms with Crippen LogP contribution in [0.15, 0.2) is 28.2 Å². The Balaban J connectivity index is 1.82. The SMILES string of the molecule is CCOCCCn1c(SCC(=O)Nc2cc(OC)ccc2OC)nc2sc(C)c(C)c2c1=O. The number of aromatic nitrogens is 2. The minimum Gasteiger partial charge on any atom is -0.497 e. The zero-order valence-electron chi connectivity index (χ0n) is 19.5. The van der Waals surface area contributed by atoms with Crippen LogP contribution in [0.4, 0.5) is 5.69 Å². The van der Waals surface area contributed by atoms with Gasteiger partial charge in [-0.2, -0.15) is 0 Å². The summed E-state index contributed by atoms with van der Waals surface area (Å²) in [5.74, 6) is 0.997. The number of ether oxygens (including phenoxy) is 3. The first-order valence-electron chi connectivity index (χ1n) is 10.6. The van der Waals surface area contributed by atoms with Gasteiger partial charge >= 0.3 is 0 Å². The molecular formula is C23H29N3O5S2. The molecular weight excluding hydrogens is 462 g/mol. The Morgan fingerprint density at radius 2 is 2.03 bits per heavy atom. The van der Waals surface area contributed by atoms with E-state index < -0.39 is 0 Å². The van der Waals surface area contributed by atoms with E-state index in [0.29, 0.717) is 58.7 Å². The van der Waals surface area contributed by atoms with E-state index in [0.717, 1.165) is 10.4 Å². The number of rotatable bonds is 11. The lowest BCUT2D eigenvalue weighted by molar-refractivity contribution is -0.113. The molecule has 3 aromatic rings. The summed E-state index contributed by atoms with van der Waals surface area (Å²) >= 11 is 2.74. The van der Waals surface area contributed by atoms with Crippen molar-refractivity contribution in [3.8, 4) is 11.5 Å². The fourth-order valence-electron chi connectivity index (χ4n) is 3.31. The van der Waals surface area contributed by atoms with Crippen molar-refractivity contribution in [1.29, 1.82) is 0 Å². The molecule has 0 saturated carbocycles. The quantitative estimate of drug-likeness (QED) is 0.244. The molecule has 2 aromatic heterocycles. The van der Waals surface area contributed by atoms with E-state index in [9.17, 15) is 9.59 Å². The van der Waals surface area contributed by atoms with E-state index in [4.69, 9.17) is 19.2 Å². The second-order valence-corrected chi connectivity index (χ2v) is 9.41. The van der Waals surface area contributed by atoms with Crippen LogP contribution in [0.2, 0.25) is 0 Å². The first-order valence-corrected chi connectivity index (χ1v) is 12.4. The third-order valence-corrected chi connectivity index (χ3v) is 7.22. The highest BCUT2D eigenvalue weighted by molar-refractivity contribution is 7.99. The number of anilines is 1. The number of nitrogens with one attached hydrogen (secondary N) is 1. The summed E-state index contributed by atoms with van der Waals surface area (Å²) in [6.45, 7) is 7.54. The van der Waals surface area contributed by atoms with E-state index in [1.165, 1.54) is 30.2 Å². The fraction of sp³-hybridized carbons (Fsp3) is 0.435. The van der Waals surface area contributed by atoms with Crippen molar-refractivity contribution in [2.24, 2.45) is 0 Å². The number of fused-ring (bicyclic) bond motifs is 1. The lowest BCUT2D eigenvalue weighted by Crippen LogP contribution is -2.25. The Kier molecular flexibility index (Phi) is 8.76. The Morgan fingerprint density at radius 3 is 2.73 bits per heavy atom. The smallest absolute Gasteiger partial charge is 0.263 e. The number of nitrogens with zero attached hydrogens (tertiary/aromatic N) is 2. The summed E-state index contributed by atoms with van der Waals surface area (Å²) in [4.78, 5) is 32.5. The lowest BCUT2D eigenvalue weighted by atomic mass is 10.2. The molecule has 8 nitrogen and oxygen atoms in total. The standard InChI is InChI=1S/C23H29N3O5S2/c1-6-31-11-7-10-26-22(28)20-14(2)15(3)33-21(20)25-23(26)32-13-19(27)24-17-12-16(29-4)8-9-18(17)30-5/h8-9,12H,6-7,10-11,13H2,1-5H3,(H,24,27). The number of benzene rings is 1. The zero-order valence-corrected chi connectivity index (χ0v) is 21.2. The van der Waals surface area contributed by atoms with Gasteiger partial charge in [-0.3, -0.25) is 14.2 Å². The molecule has 10 heteroatoms. The highest BCUT2D eigenvalue weighted by atomic mass is 32.2. The maximum atomic E-state index is 13.3. The average molecular weight is 492 g/mol. The molecule has 0 aliphatic carbocycles. The van der Waals surface area contributed by atoms with E-state index in [1.54, 1.807) is 29.9 Å². The number of amides is 1. The topological polar surface area (TPSA) is 91.7 Å². The molecule has 0 spiro atoms. The molecule has 0 fully saturated rings. The highest BCUT2D eigenvalue weighted by Crippen LogP contribution is 2.30. The summed E-state index contributed by atoms with van der Waals surface area (Å²) < 4.78 is 17.6. The Hall–Kier alpha value is -2.56. The van der Waals surface area contributed by atoms with Crippen LogP contribution >= 0.6 is 23.1 Å². The molecule has 0 radical (unpaired) electrons. The van der Waals surface area contributed by atoms with Crippen LogP contribution in [0.1, 0.15) is 23.8 Å². The molecule has 2 heterocycles. The fourth-order valence-corrected chi connectivity index (χ4v) is 5.21. The molecule has 1 amide bonds. The van der Waals surface area contributed by atoms with Crippen LogP contribution < -0.4 is 20.3 Å². The molecule has 0 unspecified atom stereocenters. The predicted octanol–water partition coefficient (Wildman–Crippen LogP) is 4.25. The van der Waals surface area contributed by atoms with E-state index in [2.05, 4.69) is 5.32 Å². The molecule has 33 heavy (non-hydrogen) atoms. The molecule has 3 rings (SSSR count). The van der Waals surface area contributed by atoms with Crippen molar-refractivity contribution in [2.45, 2.75) is 38.9 Å². The van der Waals surface area contributed by atoms with Gasteiger partial charge in [0.1, 0.15) is 16.3 Å². The number of carbonyl (C=O) groups excluding carboxylic acids is 1. The van der Waals surface area contributed by atoms with Gasteiger partial charge in [-0.05, 0) is 44.9 Å². The van der Waals surface area contributed by atoms with E-state index >= 15 is 0 Å². The van der Waals surface area contributed by atoms with Crippen molar-refractivity contribution >= 4 is 44.9 Å². The first kappa shape index (κ1) is 25.1. The van der Waals surface area contributed by atoms with Gasteiger partial charge in [0, 0.05) is 30.7 Å². The van der Waals surface area contributed by atoms with Gasteiger partial charge in [0.05, 0.1) is 31.0 Å². The molecule has 0 aliphatic rings. The number of thioether (sulfide) groups is 1. The summed E-state index contributed by atoms with van der Waals surface area (Å²) in [5, 5.41) is 4.04. The van der Waals surface area contributed by atoms with Crippen LogP contribution in [0.3, 0.4) is 0 Å². The lowest BCUT2D eigenvalue weighted by Gasteiger charge is -2.13. The van der Waals surface area contributed by atoms with Gasteiger partial charge in [-0.15, -0.1) is 11.3 Å². The summed E-state index contributed by atoms with van der Waals surface area (Å²) in [7, 11) is 3.10. The van der Waals surface area contributed by atoms with Crippen molar-refractivity contribution in [3.63, 3.8) is 0 Å². The van der Waals surface area contributed by atoms with Crippen LogP contribution in [0, 0.1) is 13.8 Å². The molecule has 0 aliphatic heterocycles. The number of aryl methyl sites for hydroxylation is 2. The average Bonchev–Trinajstić information content (AvgIpc) is 3.09. The zero-order chi connectivity index (χ0) is 24.0. The molecule has 0 bridgehead atoms. The largest absolute Gasteiger partial charge is 0.497 e. The van der Waals surface area contributed by atoms with Crippen molar-refractivity contribution in [1.82, 2.24) is 9.55 Å². The normalized spacial score (nSPS) is 11.1. The van der Waals surface area contributed by atoms with Crippen molar-refractivity contribution in [3.05, 3.63) is 39.0 Å². The molecule has 0 saturated heterocycles. The van der Waals surface area contributed by atoms with Gasteiger partial charge < -0.3 is 19.5 Å². The number of thiophene rings is 1. The van der Waals surface area contributed by atoms with Crippen molar-refractivity contribution < 1.29 is 19.0 Å². The van der Waals surface area contributed by atoms with Gasteiger partial charge in [0.25, 0.3) is 5.56 Å². The van der Waals surface area contributed by atoms with Crippen molar-refractivity contribution in [2.75, 3.05) is 38.5 Å². The van der Waals surface area contributed by atoms with Gasteiger partial charge in [0.15, 0.2) is 5.16 Å². The molecule has 1 N–H and O–H groups in total. The number of methoxy groups -OCH3 is 2. The third-order valence-electron chi connectivity index (χ3n) is 5.14. The van der Waals surface area contributed by atoms with E-state index in [1.807, 2.05) is 20.8 Å². The van der Waals surface area contributed by atoms with E-state index in [-0.39, 0.29) is 17.2 Å². The Labute approximate surface area is 201 Å².